The van der Waals surface area contributed by atoms with E-state index in [0.717, 1.165) is 11.1 Å². The molecule has 0 aromatic heterocycles. The van der Waals surface area contributed by atoms with Crippen LogP contribution >= 0.6 is 23.2 Å². The number of hydrogen-bond donors (Lipinski definition) is 1. The number of rotatable bonds is 7. The van der Waals surface area contributed by atoms with Crippen LogP contribution in [0.15, 0.2) is 48.5 Å². The number of esters is 1. The highest BCUT2D eigenvalue weighted by Gasteiger charge is 2.47. The number of benzene rings is 2. The second-order valence-corrected chi connectivity index (χ2v) is 8.24. The van der Waals surface area contributed by atoms with Crippen LogP contribution in [0.1, 0.15) is 43.0 Å². The molecule has 1 N–H and O–H groups in total. The average Bonchev–Trinajstić information content (AvgIpc) is 2.77. The Morgan fingerprint density at radius 3 is 2.45 bits per heavy atom. The Hall–Kier alpha value is -2.12. The van der Waals surface area contributed by atoms with Gasteiger partial charge in [-0.15, -0.1) is 0 Å². The molecular weight excluding hydrogens is 441 g/mol. The van der Waals surface area contributed by atoms with Crippen LogP contribution in [0.25, 0.3) is 0 Å². The van der Waals surface area contributed by atoms with Crippen LogP contribution in [0, 0.1) is 0 Å². The largest absolute Gasteiger partial charge is 0.469 e. The van der Waals surface area contributed by atoms with E-state index in [-0.39, 0.29) is 18.9 Å². The first-order valence-corrected chi connectivity index (χ1v) is 10.8. The van der Waals surface area contributed by atoms with Gasteiger partial charge in [0, 0.05) is 10.0 Å². The fourth-order valence-electron chi connectivity index (χ4n) is 3.89. The van der Waals surface area contributed by atoms with Gasteiger partial charge in [0.15, 0.2) is 0 Å². The van der Waals surface area contributed by atoms with E-state index in [1.165, 1.54) is 7.11 Å². The van der Waals surface area contributed by atoms with E-state index in [1.54, 1.807) is 35.2 Å². The lowest BCUT2D eigenvalue weighted by Crippen LogP contribution is -2.56. The SMILES string of the molecule is CC[C@@H](CO)N1C(=O)[C@@H](CC(=O)OC)O[C@H](c2cccc(Cl)c2)C1c1ccc(Cl)cc1. The molecule has 6 nitrogen and oxygen atoms in total. The molecule has 166 valence electrons. The minimum atomic E-state index is -1.04. The third-order valence-corrected chi connectivity index (χ3v) is 5.96. The summed E-state index contributed by atoms with van der Waals surface area (Å²) in [5.41, 5.74) is 1.55. The number of halogens is 2. The monoisotopic (exact) mass is 465 g/mol. The van der Waals surface area contributed by atoms with Crippen LogP contribution in [0.4, 0.5) is 0 Å². The topological polar surface area (TPSA) is 76.1 Å². The van der Waals surface area contributed by atoms with Gasteiger partial charge in [-0.1, -0.05) is 54.4 Å². The van der Waals surface area contributed by atoms with Gasteiger partial charge in [0.25, 0.3) is 5.91 Å². The van der Waals surface area contributed by atoms with Crippen molar-refractivity contribution in [1.29, 1.82) is 0 Å². The lowest BCUT2D eigenvalue weighted by atomic mass is 9.89. The molecule has 0 spiro atoms. The number of carbonyl (C=O) groups is 2. The van der Waals surface area contributed by atoms with Crippen molar-refractivity contribution in [2.45, 2.75) is 44.1 Å². The number of aliphatic hydroxyl groups excluding tert-OH is 1. The number of ether oxygens (including phenoxy) is 2. The number of morpholine rings is 1. The highest BCUT2D eigenvalue weighted by molar-refractivity contribution is 6.30. The summed E-state index contributed by atoms with van der Waals surface area (Å²) in [6.45, 7) is 1.67. The smallest absolute Gasteiger partial charge is 0.308 e. The first-order valence-electron chi connectivity index (χ1n) is 10.1. The van der Waals surface area contributed by atoms with Crippen molar-refractivity contribution in [1.82, 2.24) is 4.90 Å². The van der Waals surface area contributed by atoms with Crippen LogP contribution in [0.5, 0.6) is 0 Å². The summed E-state index contributed by atoms with van der Waals surface area (Å²) in [5, 5.41) is 11.1. The third kappa shape index (κ3) is 5.21. The molecule has 1 heterocycles. The average molecular weight is 466 g/mol. The van der Waals surface area contributed by atoms with E-state index in [0.29, 0.717) is 16.5 Å². The molecule has 2 aromatic carbocycles. The highest BCUT2D eigenvalue weighted by atomic mass is 35.5. The van der Waals surface area contributed by atoms with Crippen molar-refractivity contribution in [3.8, 4) is 0 Å². The van der Waals surface area contributed by atoms with E-state index in [9.17, 15) is 14.7 Å². The van der Waals surface area contributed by atoms with Gasteiger partial charge in [0.05, 0.1) is 32.2 Å². The molecule has 1 unspecified atom stereocenters. The molecule has 1 saturated heterocycles. The fourth-order valence-corrected chi connectivity index (χ4v) is 4.21. The lowest BCUT2D eigenvalue weighted by Gasteiger charge is -2.47. The number of amides is 1. The Kier molecular flexibility index (Phi) is 7.94. The Morgan fingerprint density at radius 2 is 1.87 bits per heavy atom. The van der Waals surface area contributed by atoms with Gasteiger partial charge in [-0.05, 0) is 41.8 Å². The molecule has 31 heavy (non-hydrogen) atoms. The van der Waals surface area contributed by atoms with Gasteiger partial charge in [-0.2, -0.15) is 0 Å². The summed E-state index contributed by atoms with van der Waals surface area (Å²) in [5.74, 6) is -0.922. The number of nitrogens with zero attached hydrogens (tertiary/aromatic N) is 1. The molecule has 4 atom stereocenters. The van der Waals surface area contributed by atoms with Crippen LogP contribution in [0.2, 0.25) is 10.0 Å². The van der Waals surface area contributed by atoms with Crippen LogP contribution in [-0.4, -0.2) is 47.7 Å². The van der Waals surface area contributed by atoms with Gasteiger partial charge in [0.2, 0.25) is 0 Å². The van der Waals surface area contributed by atoms with Crippen molar-refractivity contribution >= 4 is 35.1 Å². The summed E-state index contributed by atoms with van der Waals surface area (Å²) in [7, 11) is 1.26. The molecule has 0 aliphatic carbocycles. The van der Waals surface area contributed by atoms with Gasteiger partial charge in [-0.3, -0.25) is 9.59 Å². The zero-order valence-electron chi connectivity index (χ0n) is 17.3. The van der Waals surface area contributed by atoms with Crippen LogP contribution in [-0.2, 0) is 19.1 Å². The summed E-state index contributed by atoms with van der Waals surface area (Å²) >= 11 is 12.3. The second-order valence-electron chi connectivity index (χ2n) is 7.37. The maximum Gasteiger partial charge on any atom is 0.308 e. The maximum atomic E-state index is 13.5. The second kappa shape index (κ2) is 10.5. The predicted molar refractivity (Wildman–Crippen MR) is 118 cm³/mol. The third-order valence-electron chi connectivity index (χ3n) is 5.47. The molecular formula is C23H25Cl2NO5. The van der Waals surface area contributed by atoms with Gasteiger partial charge in [0.1, 0.15) is 12.2 Å². The molecule has 0 saturated carbocycles. The highest BCUT2D eigenvalue weighted by Crippen LogP contribution is 2.44. The maximum absolute atomic E-state index is 13.5. The number of methoxy groups -OCH3 is 1. The molecule has 0 bridgehead atoms. The molecule has 8 heteroatoms. The summed E-state index contributed by atoms with van der Waals surface area (Å²) in [6.07, 6.45) is -1.36. The summed E-state index contributed by atoms with van der Waals surface area (Å²) < 4.78 is 11.0. The first-order chi connectivity index (χ1) is 14.9. The molecule has 1 fully saturated rings. The summed E-state index contributed by atoms with van der Waals surface area (Å²) in [4.78, 5) is 27.1. The Bertz CT molecular complexity index is 916. The van der Waals surface area contributed by atoms with Crippen molar-refractivity contribution in [2.75, 3.05) is 13.7 Å². The Balaban J connectivity index is 2.15. The number of aliphatic hydroxyl groups is 1. The molecule has 1 aliphatic rings. The predicted octanol–water partition coefficient (Wildman–Crippen LogP) is 4.34. The lowest BCUT2D eigenvalue weighted by molar-refractivity contribution is -0.185. The molecule has 1 amide bonds. The van der Waals surface area contributed by atoms with Crippen molar-refractivity contribution in [3.63, 3.8) is 0 Å². The first kappa shape index (κ1) is 23.5. The van der Waals surface area contributed by atoms with Crippen molar-refractivity contribution in [2.24, 2.45) is 0 Å². The molecule has 1 aliphatic heterocycles. The molecule has 2 aromatic rings. The Labute approximate surface area is 191 Å². The Morgan fingerprint density at radius 1 is 1.16 bits per heavy atom. The normalized spacial score (nSPS) is 22.3. The summed E-state index contributed by atoms with van der Waals surface area (Å²) in [6, 6.07) is 13.3. The standard InChI is InChI=1S/C23H25Cl2NO5/c1-3-18(13-27)26-21(14-7-9-16(24)10-8-14)22(15-5-4-6-17(25)11-15)31-19(23(26)29)12-20(28)30-2/h4-11,18-19,21-22,27H,3,12-13H2,1-2H3/t18-,19+,21?,22+/m0/s1. The van der Waals surface area contributed by atoms with Crippen molar-refractivity contribution in [3.05, 3.63) is 69.7 Å². The molecule has 0 radical (unpaired) electrons. The minimum Gasteiger partial charge on any atom is -0.469 e. The number of hydrogen-bond acceptors (Lipinski definition) is 5. The van der Waals surface area contributed by atoms with E-state index < -0.39 is 30.3 Å². The van der Waals surface area contributed by atoms with Crippen LogP contribution < -0.4 is 0 Å². The zero-order valence-corrected chi connectivity index (χ0v) is 18.8. The van der Waals surface area contributed by atoms with E-state index in [4.69, 9.17) is 32.7 Å². The zero-order chi connectivity index (χ0) is 22.5. The fraction of sp³-hybridized carbons (Fsp3) is 0.391. The van der Waals surface area contributed by atoms with E-state index in [1.807, 2.05) is 25.1 Å². The number of carbonyl (C=O) groups excluding carboxylic acids is 2. The minimum absolute atomic E-state index is 0.223. The van der Waals surface area contributed by atoms with Gasteiger partial charge in [-0.25, -0.2) is 0 Å². The van der Waals surface area contributed by atoms with Crippen LogP contribution in [0.3, 0.4) is 0 Å². The van der Waals surface area contributed by atoms with Crippen molar-refractivity contribution < 1.29 is 24.2 Å². The van der Waals surface area contributed by atoms with Gasteiger partial charge >= 0.3 is 5.97 Å². The van der Waals surface area contributed by atoms with E-state index in [2.05, 4.69) is 0 Å². The quantitative estimate of drug-likeness (QED) is 0.615. The molecule has 3 rings (SSSR count). The van der Waals surface area contributed by atoms with Gasteiger partial charge < -0.3 is 19.5 Å². The van der Waals surface area contributed by atoms with E-state index >= 15 is 0 Å².